The monoisotopic (exact) mass is 493 g/mol. The number of rotatable bonds is 9. The second-order valence-electron chi connectivity index (χ2n) is 7.32. The van der Waals surface area contributed by atoms with E-state index in [2.05, 4.69) is 22.8 Å². The molecular formula is C26H24ClN3O5. The highest BCUT2D eigenvalue weighted by Crippen LogP contribution is 2.20. The van der Waals surface area contributed by atoms with Gasteiger partial charge in [-0.15, -0.1) is 0 Å². The molecule has 0 aliphatic carbocycles. The van der Waals surface area contributed by atoms with Crippen LogP contribution in [-0.2, 0) is 9.59 Å². The van der Waals surface area contributed by atoms with E-state index >= 15 is 0 Å². The number of carbonyl (C=O) groups is 3. The molecule has 2 N–H and O–H groups in total. The van der Waals surface area contributed by atoms with E-state index in [9.17, 15) is 14.4 Å². The molecule has 0 aliphatic heterocycles. The van der Waals surface area contributed by atoms with Crippen molar-refractivity contribution in [3.05, 3.63) is 88.9 Å². The Kier molecular flexibility index (Phi) is 9.39. The summed E-state index contributed by atoms with van der Waals surface area (Å²) >= 11 is 5.95. The number of hydrazone groups is 1. The van der Waals surface area contributed by atoms with Gasteiger partial charge in [-0.1, -0.05) is 37.1 Å². The predicted molar refractivity (Wildman–Crippen MR) is 134 cm³/mol. The Hall–Kier alpha value is -4.17. The highest BCUT2D eigenvalue weighted by molar-refractivity contribution is 6.41. The minimum atomic E-state index is -0.950. The number of hydrogen-bond donors (Lipinski definition) is 2. The Morgan fingerprint density at radius 2 is 1.60 bits per heavy atom. The van der Waals surface area contributed by atoms with Crippen LogP contribution >= 0.6 is 11.6 Å². The highest BCUT2D eigenvalue weighted by Gasteiger charge is 2.14. The molecule has 0 aromatic heterocycles. The fourth-order valence-electron chi connectivity index (χ4n) is 2.77. The Morgan fingerprint density at radius 3 is 2.29 bits per heavy atom. The molecule has 0 heterocycles. The Morgan fingerprint density at radius 1 is 0.914 bits per heavy atom. The van der Waals surface area contributed by atoms with E-state index in [1.165, 1.54) is 6.21 Å². The van der Waals surface area contributed by atoms with Gasteiger partial charge in [0.25, 0.3) is 0 Å². The van der Waals surface area contributed by atoms with Crippen LogP contribution in [0.3, 0.4) is 0 Å². The zero-order valence-electron chi connectivity index (χ0n) is 19.0. The molecule has 0 radical (unpaired) electrons. The maximum Gasteiger partial charge on any atom is 0.343 e. The lowest BCUT2D eigenvalue weighted by atomic mass is 10.2. The van der Waals surface area contributed by atoms with Gasteiger partial charge in [0.05, 0.1) is 29.1 Å². The van der Waals surface area contributed by atoms with Gasteiger partial charge in [-0.25, -0.2) is 10.2 Å². The number of para-hydroxylation sites is 1. The zero-order chi connectivity index (χ0) is 25.0. The van der Waals surface area contributed by atoms with Gasteiger partial charge in [0.2, 0.25) is 0 Å². The fraction of sp³-hybridized carbons (Fsp3) is 0.154. The van der Waals surface area contributed by atoms with Crippen LogP contribution in [0.1, 0.15) is 35.7 Å². The van der Waals surface area contributed by atoms with Gasteiger partial charge in [0, 0.05) is 0 Å². The molecule has 0 saturated carbocycles. The number of hydrogen-bond acceptors (Lipinski definition) is 6. The van der Waals surface area contributed by atoms with Crippen LogP contribution in [0.4, 0.5) is 5.69 Å². The van der Waals surface area contributed by atoms with Gasteiger partial charge < -0.3 is 14.8 Å². The standard InChI is InChI=1S/C26H24ClN3O5/c1-2-3-16-34-20-14-10-19(11-15-20)26(33)35-21-12-8-18(9-13-21)17-28-30-25(32)24(31)29-23-7-5-4-6-22(23)27/h4-15,17H,2-3,16H2,1H3,(H,29,31)(H,30,32)/b28-17+. The molecule has 35 heavy (non-hydrogen) atoms. The van der Waals surface area contributed by atoms with Gasteiger partial charge in [-0.3, -0.25) is 9.59 Å². The van der Waals surface area contributed by atoms with E-state index in [4.69, 9.17) is 21.1 Å². The molecule has 180 valence electrons. The molecule has 8 nitrogen and oxygen atoms in total. The molecule has 3 aromatic rings. The second-order valence-corrected chi connectivity index (χ2v) is 7.73. The van der Waals surface area contributed by atoms with Gasteiger partial charge in [0.1, 0.15) is 11.5 Å². The largest absolute Gasteiger partial charge is 0.494 e. The number of unbranched alkanes of at least 4 members (excludes halogenated alkanes) is 1. The number of ether oxygens (including phenoxy) is 2. The lowest BCUT2D eigenvalue weighted by molar-refractivity contribution is -0.136. The van der Waals surface area contributed by atoms with E-state index in [0.29, 0.717) is 39.9 Å². The first kappa shape index (κ1) is 25.5. The van der Waals surface area contributed by atoms with E-state index in [0.717, 1.165) is 12.8 Å². The van der Waals surface area contributed by atoms with Crippen molar-refractivity contribution in [1.82, 2.24) is 5.43 Å². The lowest BCUT2D eigenvalue weighted by Gasteiger charge is -2.07. The molecule has 0 aliphatic rings. The number of carbonyl (C=O) groups excluding carboxylic acids is 3. The summed E-state index contributed by atoms with van der Waals surface area (Å²) in [7, 11) is 0. The first-order valence-electron chi connectivity index (χ1n) is 10.9. The average Bonchev–Trinajstić information content (AvgIpc) is 2.87. The van der Waals surface area contributed by atoms with Crippen molar-refractivity contribution in [1.29, 1.82) is 0 Å². The summed E-state index contributed by atoms with van der Waals surface area (Å²) in [6, 6.07) is 19.8. The SMILES string of the molecule is CCCCOc1ccc(C(=O)Oc2ccc(/C=N/NC(=O)C(=O)Nc3ccccc3Cl)cc2)cc1. The second kappa shape index (κ2) is 12.9. The van der Waals surface area contributed by atoms with Crippen molar-refractivity contribution < 1.29 is 23.9 Å². The van der Waals surface area contributed by atoms with Crippen LogP contribution in [-0.4, -0.2) is 30.6 Å². The number of anilines is 1. The summed E-state index contributed by atoms with van der Waals surface area (Å²) in [6.07, 6.45) is 3.37. The Labute approximate surface area is 207 Å². The van der Waals surface area contributed by atoms with Crippen LogP contribution < -0.4 is 20.2 Å². The number of halogens is 1. The fourth-order valence-corrected chi connectivity index (χ4v) is 2.95. The number of nitrogens with one attached hydrogen (secondary N) is 2. The van der Waals surface area contributed by atoms with Crippen molar-refractivity contribution in [2.45, 2.75) is 19.8 Å². The first-order chi connectivity index (χ1) is 17.0. The summed E-state index contributed by atoms with van der Waals surface area (Å²) in [5.74, 6) is -1.31. The highest BCUT2D eigenvalue weighted by atomic mass is 35.5. The third kappa shape index (κ3) is 7.97. The predicted octanol–water partition coefficient (Wildman–Crippen LogP) is 4.83. The lowest BCUT2D eigenvalue weighted by Crippen LogP contribution is -2.32. The van der Waals surface area contributed by atoms with Gasteiger partial charge >= 0.3 is 17.8 Å². The molecule has 0 fully saturated rings. The third-order valence-corrected chi connectivity index (χ3v) is 4.98. The third-order valence-electron chi connectivity index (χ3n) is 4.66. The smallest absolute Gasteiger partial charge is 0.343 e. The van der Waals surface area contributed by atoms with E-state index < -0.39 is 17.8 Å². The minimum Gasteiger partial charge on any atom is -0.494 e. The van der Waals surface area contributed by atoms with Gasteiger partial charge in [-0.05, 0) is 72.6 Å². The Balaban J connectivity index is 1.47. The summed E-state index contributed by atoms with van der Waals surface area (Å²) in [5, 5.41) is 6.47. The van der Waals surface area contributed by atoms with E-state index in [-0.39, 0.29) is 0 Å². The molecule has 0 bridgehead atoms. The van der Waals surface area contributed by atoms with Crippen LogP contribution in [0.25, 0.3) is 0 Å². The molecular weight excluding hydrogens is 470 g/mol. The van der Waals surface area contributed by atoms with Crippen molar-refractivity contribution in [3.8, 4) is 11.5 Å². The van der Waals surface area contributed by atoms with E-state index in [1.807, 2.05) is 0 Å². The van der Waals surface area contributed by atoms with Crippen LogP contribution in [0.15, 0.2) is 77.9 Å². The molecule has 0 unspecified atom stereocenters. The minimum absolute atomic E-state index is 0.311. The zero-order valence-corrected chi connectivity index (χ0v) is 19.7. The summed E-state index contributed by atoms with van der Waals surface area (Å²) in [4.78, 5) is 36.2. The number of nitrogens with zero attached hydrogens (tertiary/aromatic N) is 1. The van der Waals surface area contributed by atoms with Gasteiger partial charge in [0.15, 0.2) is 0 Å². The van der Waals surface area contributed by atoms with Crippen LogP contribution in [0.2, 0.25) is 5.02 Å². The van der Waals surface area contributed by atoms with Crippen molar-refractivity contribution in [3.63, 3.8) is 0 Å². The van der Waals surface area contributed by atoms with E-state index in [1.54, 1.807) is 72.8 Å². The topological polar surface area (TPSA) is 106 Å². The van der Waals surface area contributed by atoms with Crippen molar-refractivity contribution in [2.75, 3.05) is 11.9 Å². The summed E-state index contributed by atoms with van der Waals surface area (Å²) < 4.78 is 11.0. The first-order valence-corrected chi connectivity index (χ1v) is 11.3. The normalized spacial score (nSPS) is 10.6. The summed E-state index contributed by atoms with van der Waals surface area (Å²) in [5.41, 5.74) is 3.47. The van der Waals surface area contributed by atoms with Gasteiger partial charge in [-0.2, -0.15) is 5.10 Å². The molecule has 3 aromatic carbocycles. The molecule has 2 amide bonds. The maximum atomic E-state index is 12.4. The maximum absolute atomic E-state index is 12.4. The quantitative estimate of drug-likeness (QED) is 0.111. The summed E-state index contributed by atoms with van der Waals surface area (Å²) in [6.45, 7) is 2.72. The van der Waals surface area contributed by atoms with Crippen molar-refractivity contribution in [2.24, 2.45) is 5.10 Å². The number of benzene rings is 3. The molecule has 9 heteroatoms. The molecule has 0 spiro atoms. The average molecular weight is 494 g/mol. The molecule has 0 saturated heterocycles. The van der Waals surface area contributed by atoms with Crippen molar-refractivity contribution >= 4 is 41.3 Å². The molecule has 3 rings (SSSR count). The van der Waals surface area contributed by atoms with Crippen LogP contribution in [0, 0.1) is 0 Å². The Bertz CT molecular complexity index is 1190. The van der Waals surface area contributed by atoms with Crippen LogP contribution in [0.5, 0.6) is 11.5 Å². The number of esters is 1. The molecule has 0 atom stereocenters. The number of amides is 2.